The molecule has 0 unspecified atom stereocenters. The molecule has 1 N–H and O–H groups in total. The summed E-state index contributed by atoms with van der Waals surface area (Å²) in [6.07, 6.45) is 2.98. The van der Waals surface area contributed by atoms with E-state index in [1.54, 1.807) is 0 Å². The maximum atomic E-state index is 4.34. The largest absolute Gasteiger partial charge is 0.315 e. The number of pyridine rings is 1. The van der Waals surface area contributed by atoms with Gasteiger partial charge in [-0.25, -0.2) is 0 Å². The molecule has 0 bridgehead atoms. The zero-order valence-electron chi connectivity index (χ0n) is 11.4. The molecule has 0 spiro atoms. The zero-order chi connectivity index (χ0) is 13.3. The summed E-state index contributed by atoms with van der Waals surface area (Å²) in [6, 6.07) is 10.4. The van der Waals surface area contributed by atoms with Gasteiger partial charge in [0.1, 0.15) is 0 Å². The summed E-state index contributed by atoms with van der Waals surface area (Å²) in [5.74, 6) is 0. The van der Waals surface area contributed by atoms with E-state index in [9.17, 15) is 0 Å². The Kier molecular flexibility index (Phi) is 6.01. The average molecular weight is 275 g/mol. The van der Waals surface area contributed by atoms with Gasteiger partial charge in [0.15, 0.2) is 0 Å². The lowest BCUT2D eigenvalue weighted by atomic mass is 10.3. The first-order valence-electron chi connectivity index (χ1n) is 6.66. The molecular weight excluding hydrogens is 254 g/mol. The second-order valence-electron chi connectivity index (χ2n) is 4.64. The van der Waals surface area contributed by atoms with Crippen molar-refractivity contribution >= 4 is 11.3 Å². The van der Waals surface area contributed by atoms with E-state index in [0.29, 0.717) is 0 Å². The second kappa shape index (κ2) is 8.04. The van der Waals surface area contributed by atoms with E-state index in [0.717, 1.165) is 38.3 Å². The van der Waals surface area contributed by atoms with E-state index >= 15 is 0 Å². The van der Waals surface area contributed by atoms with Crippen molar-refractivity contribution in [2.24, 2.45) is 0 Å². The molecule has 4 heteroatoms. The van der Waals surface area contributed by atoms with Crippen molar-refractivity contribution in [1.29, 1.82) is 0 Å². The van der Waals surface area contributed by atoms with E-state index < -0.39 is 0 Å². The quantitative estimate of drug-likeness (QED) is 0.750. The van der Waals surface area contributed by atoms with Crippen molar-refractivity contribution in [2.45, 2.75) is 13.0 Å². The smallest absolute Gasteiger partial charge is 0.0543 e. The SMILES string of the molecule is CN(CCNCCc1cccs1)Cc1ccccn1. The van der Waals surface area contributed by atoms with E-state index in [4.69, 9.17) is 0 Å². The van der Waals surface area contributed by atoms with Crippen LogP contribution in [0, 0.1) is 0 Å². The van der Waals surface area contributed by atoms with Crippen LogP contribution < -0.4 is 5.32 Å². The highest BCUT2D eigenvalue weighted by molar-refractivity contribution is 7.09. The highest BCUT2D eigenvalue weighted by atomic mass is 32.1. The number of likely N-dealkylation sites (N-methyl/N-ethyl adjacent to an activating group) is 1. The summed E-state index contributed by atoms with van der Waals surface area (Å²) in [7, 11) is 2.13. The first-order chi connectivity index (χ1) is 9.34. The third-order valence-electron chi connectivity index (χ3n) is 2.96. The molecule has 102 valence electrons. The van der Waals surface area contributed by atoms with Gasteiger partial charge in [-0.2, -0.15) is 0 Å². The van der Waals surface area contributed by atoms with Crippen LogP contribution in [0.4, 0.5) is 0 Å². The van der Waals surface area contributed by atoms with E-state index in [-0.39, 0.29) is 0 Å². The number of aromatic nitrogens is 1. The van der Waals surface area contributed by atoms with E-state index in [2.05, 4.69) is 45.8 Å². The van der Waals surface area contributed by atoms with Gasteiger partial charge in [0.2, 0.25) is 0 Å². The Labute approximate surface area is 119 Å². The normalized spacial score (nSPS) is 11.1. The summed E-state index contributed by atoms with van der Waals surface area (Å²) in [6.45, 7) is 4.03. The number of hydrogen-bond acceptors (Lipinski definition) is 4. The van der Waals surface area contributed by atoms with Crippen molar-refractivity contribution in [3.8, 4) is 0 Å². The van der Waals surface area contributed by atoms with Gasteiger partial charge in [0, 0.05) is 37.3 Å². The molecule has 0 radical (unpaired) electrons. The molecule has 0 aliphatic heterocycles. The van der Waals surface area contributed by atoms with Crippen molar-refractivity contribution in [2.75, 3.05) is 26.7 Å². The van der Waals surface area contributed by atoms with Crippen molar-refractivity contribution < 1.29 is 0 Å². The highest BCUT2D eigenvalue weighted by Crippen LogP contribution is 2.07. The van der Waals surface area contributed by atoms with Crippen molar-refractivity contribution in [3.63, 3.8) is 0 Å². The molecule has 0 saturated heterocycles. The van der Waals surface area contributed by atoms with Crippen LogP contribution in [0.5, 0.6) is 0 Å². The van der Waals surface area contributed by atoms with E-state index in [1.165, 1.54) is 4.88 Å². The Bertz CT molecular complexity index is 442. The Hall–Kier alpha value is -1.23. The molecule has 0 aliphatic rings. The van der Waals surface area contributed by atoms with Crippen LogP contribution in [0.15, 0.2) is 41.9 Å². The molecule has 0 aliphatic carbocycles. The van der Waals surface area contributed by atoms with Gasteiger partial charge in [-0.1, -0.05) is 12.1 Å². The number of nitrogens with one attached hydrogen (secondary N) is 1. The van der Waals surface area contributed by atoms with Gasteiger partial charge in [0.25, 0.3) is 0 Å². The van der Waals surface area contributed by atoms with Crippen LogP contribution in [0.3, 0.4) is 0 Å². The summed E-state index contributed by atoms with van der Waals surface area (Å²) in [4.78, 5) is 8.08. The summed E-state index contributed by atoms with van der Waals surface area (Å²) < 4.78 is 0. The average Bonchev–Trinajstić information content (AvgIpc) is 2.92. The van der Waals surface area contributed by atoms with E-state index in [1.807, 2.05) is 29.7 Å². The minimum absolute atomic E-state index is 0.910. The lowest BCUT2D eigenvalue weighted by Gasteiger charge is -2.16. The van der Waals surface area contributed by atoms with Crippen LogP contribution in [-0.4, -0.2) is 36.6 Å². The number of hydrogen-bond donors (Lipinski definition) is 1. The Balaban J connectivity index is 1.55. The number of thiophene rings is 1. The zero-order valence-corrected chi connectivity index (χ0v) is 12.2. The molecule has 0 fully saturated rings. The monoisotopic (exact) mass is 275 g/mol. The molecule has 2 rings (SSSR count). The molecule has 3 nitrogen and oxygen atoms in total. The van der Waals surface area contributed by atoms with Gasteiger partial charge in [0.05, 0.1) is 5.69 Å². The van der Waals surface area contributed by atoms with Gasteiger partial charge < -0.3 is 5.32 Å². The maximum absolute atomic E-state index is 4.34. The lowest BCUT2D eigenvalue weighted by molar-refractivity contribution is 0.321. The molecule has 19 heavy (non-hydrogen) atoms. The predicted octanol–water partition coefficient (Wildman–Crippen LogP) is 2.41. The van der Waals surface area contributed by atoms with Gasteiger partial charge in [-0.3, -0.25) is 9.88 Å². The van der Waals surface area contributed by atoms with Gasteiger partial charge in [-0.15, -0.1) is 11.3 Å². The topological polar surface area (TPSA) is 28.2 Å². The molecule has 0 aromatic carbocycles. The minimum atomic E-state index is 0.910. The third-order valence-corrected chi connectivity index (χ3v) is 3.89. The number of nitrogens with zero attached hydrogens (tertiary/aromatic N) is 2. The lowest BCUT2D eigenvalue weighted by Crippen LogP contribution is -2.30. The molecule has 0 atom stereocenters. The Morgan fingerprint density at radius 2 is 2.16 bits per heavy atom. The summed E-state index contributed by atoms with van der Waals surface area (Å²) in [5, 5.41) is 5.62. The first-order valence-corrected chi connectivity index (χ1v) is 7.54. The standard InChI is InChI=1S/C15H21N3S/c1-18(13-14-5-2-3-8-17-14)11-10-16-9-7-15-6-4-12-19-15/h2-6,8,12,16H,7,9-11,13H2,1H3. The third kappa shape index (κ3) is 5.51. The Morgan fingerprint density at radius 1 is 1.21 bits per heavy atom. The first kappa shape index (κ1) is 14.2. The van der Waals surface area contributed by atoms with Gasteiger partial charge >= 0.3 is 0 Å². The van der Waals surface area contributed by atoms with Crippen LogP contribution in [0.25, 0.3) is 0 Å². The maximum Gasteiger partial charge on any atom is 0.0543 e. The fourth-order valence-electron chi connectivity index (χ4n) is 1.91. The molecule has 0 amide bonds. The molecule has 0 saturated carbocycles. The van der Waals surface area contributed by atoms with Crippen LogP contribution in [0.2, 0.25) is 0 Å². The summed E-state index contributed by atoms with van der Waals surface area (Å²) in [5.41, 5.74) is 1.13. The van der Waals surface area contributed by atoms with Crippen molar-refractivity contribution in [1.82, 2.24) is 15.2 Å². The van der Waals surface area contributed by atoms with Crippen LogP contribution in [-0.2, 0) is 13.0 Å². The Morgan fingerprint density at radius 3 is 2.89 bits per heavy atom. The number of rotatable bonds is 8. The van der Waals surface area contributed by atoms with Crippen LogP contribution in [0.1, 0.15) is 10.6 Å². The van der Waals surface area contributed by atoms with Gasteiger partial charge in [-0.05, 0) is 37.0 Å². The fraction of sp³-hybridized carbons (Fsp3) is 0.400. The van der Waals surface area contributed by atoms with Crippen LogP contribution >= 0.6 is 11.3 Å². The molecule has 2 heterocycles. The molecule has 2 aromatic heterocycles. The summed E-state index contributed by atoms with van der Waals surface area (Å²) >= 11 is 1.83. The fourth-order valence-corrected chi connectivity index (χ4v) is 2.62. The predicted molar refractivity (Wildman–Crippen MR) is 81.5 cm³/mol. The molecular formula is C15H21N3S. The second-order valence-corrected chi connectivity index (χ2v) is 5.67. The van der Waals surface area contributed by atoms with Crippen molar-refractivity contribution in [3.05, 3.63) is 52.5 Å². The minimum Gasteiger partial charge on any atom is -0.315 e. The molecule has 2 aromatic rings. The highest BCUT2D eigenvalue weighted by Gasteiger charge is 2.00.